The van der Waals surface area contributed by atoms with Crippen LogP contribution in [0.3, 0.4) is 0 Å². The van der Waals surface area contributed by atoms with Gasteiger partial charge in [-0.3, -0.25) is 0 Å². The van der Waals surface area contributed by atoms with E-state index < -0.39 is 11.7 Å². The second-order valence-electron chi connectivity index (χ2n) is 11.3. The lowest BCUT2D eigenvalue weighted by Crippen LogP contribution is -2.45. The normalized spacial score (nSPS) is 23.6. The van der Waals surface area contributed by atoms with Crippen LogP contribution in [0.4, 0.5) is 0 Å². The highest BCUT2D eigenvalue weighted by molar-refractivity contribution is 5.84. The summed E-state index contributed by atoms with van der Waals surface area (Å²) in [6.07, 6.45) is 5.31. The largest absolute Gasteiger partial charge is 0.508 e. The van der Waals surface area contributed by atoms with Crippen molar-refractivity contribution in [3.8, 4) is 46.0 Å². The molecule has 2 heterocycles. The van der Waals surface area contributed by atoms with Crippen LogP contribution in [0.1, 0.15) is 53.2 Å². The third-order valence-electron chi connectivity index (χ3n) is 8.38. The summed E-state index contributed by atoms with van der Waals surface area (Å²) in [5.41, 5.74) is 3.08. The molecular formula is C34H28O8. The van der Waals surface area contributed by atoms with Gasteiger partial charge in [0.05, 0.1) is 5.56 Å². The predicted octanol–water partition coefficient (Wildman–Crippen LogP) is 6.56. The summed E-state index contributed by atoms with van der Waals surface area (Å²) in [7, 11) is 0. The van der Waals surface area contributed by atoms with Gasteiger partial charge in [-0.15, -0.1) is 0 Å². The zero-order valence-corrected chi connectivity index (χ0v) is 22.5. The molecular weight excluding hydrogens is 536 g/mol. The van der Waals surface area contributed by atoms with Crippen molar-refractivity contribution in [2.75, 3.05) is 0 Å². The molecule has 7 rings (SSSR count). The molecule has 4 aromatic rings. The highest BCUT2D eigenvalue weighted by Gasteiger charge is 2.52. The van der Waals surface area contributed by atoms with Crippen LogP contribution in [-0.2, 0) is 0 Å². The number of aromatic hydroxyl groups is 6. The van der Waals surface area contributed by atoms with Crippen LogP contribution in [0.25, 0.3) is 17.7 Å². The molecule has 8 heteroatoms. The van der Waals surface area contributed by atoms with Gasteiger partial charge in [0, 0.05) is 41.2 Å². The molecule has 2 aliphatic heterocycles. The van der Waals surface area contributed by atoms with Crippen molar-refractivity contribution >= 4 is 17.7 Å². The van der Waals surface area contributed by atoms with E-state index in [1.165, 1.54) is 24.3 Å². The highest BCUT2D eigenvalue weighted by Crippen LogP contribution is 2.62. The molecule has 6 N–H and O–H groups in total. The number of ether oxygens (including phenoxy) is 2. The second kappa shape index (κ2) is 9.14. The summed E-state index contributed by atoms with van der Waals surface area (Å²) < 4.78 is 13.0. The lowest BCUT2D eigenvalue weighted by Gasteiger charge is -2.50. The summed E-state index contributed by atoms with van der Waals surface area (Å²) in [5.74, 6) is 0.272. The summed E-state index contributed by atoms with van der Waals surface area (Å²) >= 11 is 0. The number of rotatable bonds is 3. The summed E-state index contributed by atoms with van der Waals surface area (Å²) in [4.78, 5) is 0. The maximum Gasteiger partial charge on any atom is 0.135 e. The number of hydrogen-bond donors (Lipinski definition) is 6. The lowest BCUT2D eigenvalue weighted by atomic mass is 9.63. The van der Waals surface area contributed by atoms with Gasteiger partial charge in [0.15, 0.2) is 0 Å². The standard InChI is InChI=1S/C34H28O8/c1-34-15-24(22-8-6-21(37)14-29(22)42-34)31-25(16-34)32-28(40)10-17(2-3-18-4-5-19(35)12-26(18)38)11-30(32)41-33(31)23-9-7-20(36)13-27(23)39/h2-14,16,24,31,33,35-40H,15H2,1H3. The van der Waals surface area contributed by atoms with E-state index in [9.17, 15) is 30.6 Å². The Morgan fingerprint density at radius 3 is 2.14 bits per heavy atom. The Bertz CT molecular complexity index is 1820. The van der Waals surface area contributed by atoms with Crippen molar-refractivity contribution < 1.29 is 40.1 Å². The van der Waals surface area contributed by atoms with Gasteiger partial charge in [0.2, 0.25) is 0 Å². The fourth-order valence-electron chi connectivity index (χ4n) is 6.62. The van der Waals surface area contributed by atoms with E-state index in [0.29, 0.717) is 40.2 Å². The molecule has 4 aromatic carbocycles. The van der Waals surface area contributed by atoms with Crippen LogP contribution in [0, 0.1) is 5.92 Å². The molecule has 212 valence electrons. The first-order chi connectivity index (χ1) is 20.1. The van der Waals surface area contributed by atoms with Crippen molar-refractivity contribution in [1.82, 2.24) is 0 Å². The van der Waals surface area contributed by atoms with Gasteiger partial charge in [0.1, 0.15) is 57.7 Å². The molecule has 2 bridgehead atoms. The Kier molecular flexibility index (Phi) is 5.59. The molecule has 3 aliphatic rings. The van der Waals surface area contributed by atoms with Gasteiger partial charge in [0.25, 0.3) is 0 Å². The second-order valence-corrected chi connectivity index (χ2v) is 11.3. The van der Waals surface area contributed by atoms with Gasteiger partial charge >= 0.3 is 0 Å². The third kappa shape index (κ3) is 4.15. The molecule has 0 amide bonds. The Morgan fingerprint density at radius 1 is 0.714 bits per heavy atom. The van der Waals surface area contributed by atoms with Crippen molar-refractivity contribution in [1.29, 1.82) is 0 Å². The Balaban J connectivity index is 1.39. The predicted molar refractivity (Wildman–Crippen MR) is 156 cm³/mol. The average molecular weight is 565 g/mol. The summed E-state index contributed by atoms with van der Waals surface area (Å²) in [5, 5.41) is 62.3. The number of hydrogen-bond acceptors (Lipinski definition) is 8. The smallest absolute Gasteiger partial charge is 0.135 e. The number of fused-ring (bicyclic) bond motifs is 8. The number of benzene rings is 4. The first-order valence-corrected chi connectivity index (χ1v) is 13.6. The quantitative estimate of drug-likeness (QED) is 0.154. The minimum atomic E-state index is -0.727. The molecule has 0 saturated heterocycles. The van der Waals surface area contributed by atoms with Gasteiger partial charge in [-0.05, 0) is 78.6 Å². The van der Waals surface area contributed by atoms with Crippen molar-refractivity contribution in [3.63, 3.8) is 0 Å². The average Bonchev–Trinajstić information content (AvgIpc) is 2.91. The van der Waals surface area contributed by atoms with E-state index in [-0.39, 0.29) is 46.3 Å². The van der Waals surface area contributed by atoms with Gasteiger partial charge in [-0.2, -0.15) is 0 Å². The maximum absolute atomic E-state index is 11.4. The summed E-state index contributed by atoms with van der Waals surface area (Å²) in [6.45, 7) is 1.97. The van der Waals surface area contributed by atoms with Crippen molar-refractivity contribution in [3.05, 3.63) is 101 Å². The van der Waals surface area contributed by atoms with E-state index in [1.807, 2.05) is 19.1 Å². The Morgan fingerprint density at radius 2 is 1.40 bits per heavy atom. The van der Waals surface area contributed by atoms with E-state index >= 15 is 0 Å². The molecule has 8 nitrogen and oxygen atoms in total. The zero-order valence-electron chi connectivity index (χ0n) is 22.5. The molecule has 4 atom stereocenters. The number of phenolic OH excluding ortho intramolecular Hbond substituents is 6. The van der Waals surface area contributed by atoms with Gasteiger partial charge in [-0.1, -0.05) is 18.2 Å². The third-order valence-corrected chi connectivity index (χ3v) is 8.38. The lowest BCUT2D eigenvalue weighted by molar-refractivity contribution is 0.0524. The SMILES string of the molecule is CC12C=C3c4c(O)cc(C=Cc5ccc(O)cc5O)cc4OC(c4ccc(O)cc4O)C3C(C1)c1ccc(O)cc1O2. The molecule has 0 spiro atoms. The molecule has 0 aromatic heterocycles. The molecule has 0 fully saturated rings. The fourth-order valence-corrected chi connectivity index (χ4v) is 6.62. The Hall–Kier alpha value is -5.24. The Labute approximate surface area is 241 Å². The monoisotopic (exact) mass is 564 g/mol. The van der Waals surface area contributed by atoms with Crippen molar-refractivity contribution in [2.45, 2.75) is 31.0 Å². The topological polar surface area (TPSA) is 140 Å². The fraction of sp³-hybridized carbons (Fsp3) is 0.176. The van der Waals surface area contributed by atoms with E-state index in [1.54, 1.807) is 48.6 Å². The van der Waals surface area contributed by atoms with Crippen LogP contribution < -0.4 is 9.47 Å². The van der Waals surface area contributed by atoms with Crippen LogP contribution in [0.15, 0.2) is 72.8 Å². The van der Waals surface area contributed by atoms with Crippen LogP contribution in [-0.4, -0.2) is 36.2 Å². The zero-order chi connectivity index (χ0) is 29.3. The number of phenols is 6. The first-order valence-electron chi connectivity index (χ1n) is 13.6. The molecule has 42 heavy (non-hydrogen) atoms. The van der Waals surface area contributed by atoms with Gasteiger partial charge in [-0.25, -0.2) is 0 Å². The maximum atomic E-state index is 11.4. The summed E-state index contributed by atoms with van der Waals surface area (Å²) in [6, 6.07) is 17.2. The minimum absolute atomic E-state index is 0.00112. The van der Waals surface area contributed by atoms with Crippen LogP contribution in [0.5, 0.6) is 46.0 Å². The van der Waals surface area contributed by atoms with E-state index in [2.05, 4.69) is 0 Å². The molecule has 4 unspecified atom stereocenters. The van der Waals surface area contributed by atoms with E-state index in [4.69, 9.17) is 9.47 Å². The first kappa shape index (κ1) is 25.7. The highest BCUT2D eigenvalue weighted by atomic mass is 16.5. The minimum Gasteiger partial charge on any atom is -0.508 e. The van der Waals surface area contributed by atoms with Crippen LogP contribution in [0.2, 0.25) is 0 Å². The van der Waals surface area contributed by atoms with Crippen LogP contribution >= 0.6 is 0 Å². The van der Waals surface area contributed by atoms with Gasteiger partial charge < -0.3 is 40.1 Å². The van der Waals surface area contributed by atoms with E-state index in [0.717, 1.165) is 11.1 Å². The van der Waals surface area contributed by atoms with Crippen molar-refractivity contribution in [2.24, 2.45) is 5.92 Å². The molecule has 0 radical (unpaired) electrons. The molecule has 1 aliphatic carbocycles. The molecule has 0 saturated carbocycles.